The Bertz CT molecular complexity index is 954. The minimum atomic E-state index is -3.97. The number of hydrogen-bond donors (Lipinski definition) is 0. The fourth-order valence-electron chi connectivity index (χ4n) is 2.27. The molecule has 0 radical (unpaired) electrons. The van der Waals surface area contributed by atoms with Crippen LogP contribution in [0.5, 0.6) is 5.75 Å². The molecule has 10 heteroatoms. The van der Waals surface area contributed by atoms with Gasteiger partial charge >= 0.3 is 7.82 Å². The van der Waals surface area contributed by atoms with Gasteiger partial charge in [0.05, 0.1) is 5.56 Å². The SMILES string of the molecule is COP(=O)(OC)Oc1c(/C=C/c2c(F)c(F)c(F)c(F)c2F)ccc(C)c1C. The molecule has 2 aromatic rings. The summed E-state index contributed by atoms with van der Waals surface area (Å²) in [6, 6.07) is 3.08. The second-order valence-corrected chi connectivity index (χ2v) is 7.45. The molecule has 0 N–H and O–H groups in total. The molecule has 0 atom stereocenters. The molecule has 0 bridgehead atoms. The van der Waals surface area contributed by atoms with Gasteiger partial charge in [-0.3, -0.25) is 9.05 Å². The second-order valence-electron chi connectivity index (χ2n) is 5.65. The lowest BCUT2D eigenvalue weighted by atomic mass is 10.0. The highest BCUT2D eigenvalue weighted by atomic mass is 31.2. The number of phosphoric acid groups is 1. The first kappa shape index (κ1) is 22.1. The summed E-state index contributed by atoms with van der Waals surface area (Å²) in [4.78, 5) is 0. The Morgan fingerprint density at radius 3 is 1.82 bits per heavy atom. The predicted octanol–water partition coefficient (Wildman–Crippen LogP) is 5.95. The van der Waals surface area contributed by atoms with Gasteiger partial charge in [0.25, 0.3) is 0 Å². The first-order chi connectivity index (χ1) is 13.1. The molecule has 0 saturated heterocycles. The Balaban J connectivity index is 2.60. The predicted molar refractivity (Wildman–Crippen MR) is 93.3 cm³/mol. The zero-order valence-electron chi connectivity index (χ0n) is 15.3. The molecule has 2 rings (SSSR count). The van der Waals surface area contributed by atoms with E-state index in [2.05, 4.69) is 0 Å². The fraction of sp³-hybridized carbons (Fsp3) is 0.222. The van der Waals surface area contributed by atoms with Crippen LogP contribution in [0.1, 0.15) is 22.3 Å². The number of halogens is 5. The van der Waals surface area contributed by atoms with Crippen molar-refractivity contribution in [1.82, 2.24) is 0 Å². The third-order valence-electron chi connectivity index (χ3n) is 4.03. The van der Waals surface area contributed by atoms with Crippen molar-refractivity contribution in [1.29, 1.82) is 0 Å². The Morgan fingerprint density at radius 2 is 1.32 bits per heavy atom. The Morgan fingerprint density at radius 1 is 0.821 bits per heavy atom. The average molecular weight is 422 g/mol. The topological polar surface area (TPSA) is 44.8 Å². The largest absolute Gasteiger partial charge is 0.529 e. The standard InChI is InChI=1S/C18H16F5O4P/c1-9-5-6-11(18(10(9)2)27-28(24,25-3)26-4)7-8-12-13(19)15(21)17(23)16(22)14(12)20/h5-8H,1-4H3/b8-7+. The van der Waals surface area contributed by atoms with Crippen LogP contribution in [0.4, 0.5) is 22.0 Å². The molecule has 0 spiro atoms. The van der Waals surface area contributed by atoms with Gasteiger partial charge in [-0.1, -0.05) is 18.2 Å². The summed E-state index contributed by atoms with van der Waals surface area (Å²) in [5.41, 5.74) is 0.264. The van der Waals surface area contributed by atoms with Gasteiger partial charge in [0.1, 0.15) is 5.75 Å². The first-order valence-electron chi connectivity index (χ1n) is 7.77. The lowest BCUT2D eigenvalue weighted by molar-refractivity contribution is 0.210. The molecule has 0 heterocycles. The summed E-state index contributed by atoms with van der Waals surface area (Å²) in [6.07, 6.45) is 1.77. The van der Waals surface area contributed by atoms with Crippen molar-refractivity contribution in [3.05, 3.63) is 63.5 Å². The van der Waals surface area contributed by atoms with Gasteiger partial charge in [0.15, 0.2) is 23.3 Å². The van der Waals surface area contributed by atoms with Gasteiger partial charge in [-0.05, 0) is 31.1 Å². The van der Waals surface area contributed by atoms with Gasteiger partial charge in [-0.25, -0.2) is 26.5 Å². The smallest absolute Gasteiger partial charge is 0.403 e. The molecular formula is C18H16F5O4P. The Labute approximate surface area is 158 Å². The molecule has 0 saturated carbocycles. The third-order valence-corrected chi connectivity index (χ3v) is 5.33. The van der Waals surface area contributed by atoms with Crippen LogP contribution in [-0.2, 0) is 13.6 Å². The fourth-order valence-corrected chi connectivity index (χ4v) is 3.03. The maximum Gasteiger partial charge on any atom is 0.529 e. The van der Waals surface area contributed by atoms with Crippen molar-refractivity contribution in [2.45, 2.75) is 13.8 Å². The van der Waals surface area contributed by atoms with E-state index in [9.17, 15) is 26.5 Å². The third kappa shape index (κ3) is 4.11. The number of phosphoric ester groups is 1. The summed E-state index contributed by atoms with van der Waals surface area (Å²) in [5, 5.41) is 0. The molecule has 0 aromatic heterocycles. The summed E-state index contributed by atoms with van der Waals surface area (Å²) in [7, 11) is -1.77. The van der Waals surface area contributed by atoms with E-state index in [0.717, 1.165) is 25.9 Å². The van der Waals surface area contributed by atoms with E-state index in [0.29, 0.717) is 11.6 Å². The van der Waals surface area contributed by atoms with E-state index in [-0.39, 0.29) is 11.3 Å². The Hall–Kier alpha value is -2.22. The van der Waals surface area contributed by atoms with Crippen LogP contribution in [0.3, 0.4) is 0 Å². The lowest BCUT2D eigenvalue weighted by Crippen LogP contribution is -2.04. The van der Waals surface area contributed by atoms with Gasteiger partial charge < -0.3 is 4.52 Å². The molecule has 4 nitrogen and oxygen atoms in total. The van der Waals surface area contributed by atoms with Crippen LogP contribution in [0.15, 0.2) is 12.1 Å². The minimum Gasteiger partial charge on any atom is -0.403 e. The zero-order valence-corrected chi connectivity index (χ0v) is 16.2. The van der Waals surface area contributed by atoms with Gasteiger partial charge in [0, 0.05) is 19.8 Å². The summed E-state index contributed by atoms with van der Waals surface area (Å²) in [5.74, 6) is -10.3. The van der Waals surface area contributed by atoms with Crippen LogP contribution < -0.4 is 4.52 Å². The zero-order chi connectivity index (χ0) is 21.2. The lowest BCUT2D eigenvalue weighted by Gasteiger charge is -2.18. The molecule has 0 aliphatic rings. The molecule has 152 valence electrons. The first-order valence-corrected chi connectivity index (χ1v) is 9.23. The van der Waals surface area contributed by atoms with Gasteiger partial charge in [-0.2, -0.15) is 0 Å². The van der Waals surface area contributed by atoms with Crippen LogP contribution in [-0.4, -0.2) is 14.2 Å². The van der Waals surface area contributed by atoms with Crippen molar-refractivity contribution in [2.24, 2.45) is 0 Å². The highest BCUT2D eigenvalue weighted by Crippen LogP contribution is 2.50. The van der Waals surface area contributed by atoms with E-state index >= 15 is 0 Å². The van der Waals surface area contributed by atoms with Crippen LogP contribution in [0, 0.1) is 42.9 Å². The number of benzene rings is 2. The van der Waals surface area contributed by atoms with E-state index in [4.69, 9.17) is 13.6 Å². The van der Waals surface area contributed by atoms with Crippen molar-refractivity contribution >= 4 is 20.0 Å². The van der Waals surface area contributed by atoms with E-state index < -0.39 is 42.5 Å². The molecule has 0 aliphatic heterocycles. The molecule has 0 fully saturated rings. The molecule has 0 unspecified atom stereocenters. The van der Waals surface area contributed by atoms with E-state index in [1.54, 1.807) is 19.9 Å². The monoisotopic (exact) mass is 422 g/mol. The molecule has 2 aromatic carbocycles. The number of aryl methyl sites for hydroxylation is 1. The molecular weight excluding hydrogens is 406 g/mol. The maximum absolute atomic E-state index is 13.8. The van der Waals surface area contributed by atoms with Crippen LogP contribution in [0.25, 0.3) is 12.2 Å². The summed E-state index contributed by atoms with van der Waals surface area (Å²) < 4.78 is 94.6. The highest BCUT2D eigenvalue weighted by molar-refractivity contribution is 7.48. The van der Waals surface area contributed by atoms with Gasteiger partial charge in [0.2, 0.25) is 5.82 Å². The Kier molecular flexibility index (Phi) is 6.64. The number of rotatable bonds is 6. The van der Waals surface area contributed by atoms with Gasteiger partial charge in [-0.15, -0.1) is 0 Å². The molecule has 28 heavy (non-hydrogen) atoms. The summed E-state index contributed by atoms with van der Waals surface area (Å²) >= 11 is 0. The molecule has 0 aliphatic carbocycles. The van der Waals surface area contributed by atoms with E-state index in [1.165, 1.54) is 6.07 Å². The van der Waals surface area contributed by atoms with E-state index in [1.807, 2.05) is 0 Å². The normalized spacial score (nSPS) is 12.0. The van der Waals surface area contributed by atoms with Crippen molar-refractivity contribution < 1.29 is 40.1 Å². The van der Waals surface area contributed by atoms with Crippen LogP contribution in [0.2, 0.25) is 0 Å². The van der Waals surface area contributed by atoms with Crippen molar-refractivity contribution in [2.75, 3.05) is 14.2 Å². The quantitative estimate of drug-likeness (QED) is 0.190. The number of hydrogen-bond acceptors (Lipinski definition) is 4. The minimum absolute atomic E-state index is 0.00663. The average Bonchev–Trinajstić information content (AvgIpc) is 2.69. The molecule has 0 amide bonds. The second kappa shape index (κ2) is 8.43. The maximum atomic E-state index is 13.8. The van der Waals surface area contributed by atoms with Crippen molar-refractivity contribution in [3.63, 3.8) is 0 Å². The highest BCUT2D eigenvalue weighted by Gasteiger charge is 2.28. The van der Waals surface area contributed by atoms with Crippen LogP contribution >= 0.6 is 7.82 Å². The van der Waals surface area contributed by atoms with Crippen molar-refractivity contribution in [3.8, 4) is 5.75 Å². The summed E-state index contributed by atoms with van der Waals surface area (Å²) in [6.45, 7) is 3.35.